The molecule has 5 aliphatic rings. The molecule has 61 heavy (non-hydrogen) atoms. The molecule has 0 N–H and O–H groups in total. The van der Waals surface area contributed by atoms with Gasteiger partial charge in [0.05, 0.1) is 12.1 Å². The van der Waals surface area contributed by atoms with Crippen molar-refractivity contribution >= 4 is 45.3 Å². The van der Waals surface area contributed by atoms with Gasteiger partial charge in [0, 0.05) is 51.6 Å². The Hall–Kier alpha value is -6.84. The zero-order valence-corrected chi connectivity index (χ0v) is 35.0. The van der Waals surface area contributed by atoms with E-state index in [4.69, 9.17) is 4.42 Å². The number of fused-ring (bicyclic) bond motifs is 10. The second kappa shape index (κ2) is 15.3. The topological polar surface area (TPSA) is 19.6 Å². The van der Waals surface area contributed by atoms with Gasteiger partial charge in [-0.25, -0.2) is 0 Å². The summed E-state index contributed by atoms with van der Waals surface area (Å²) in [6.45, 7) is 8.44. The van der Waals surface area contributed by atoms with Crippen LogP contribution < -0.4 is 9.80 Å². The molecule has 0 amide bonds. The molecule has 1 aliphatic heterocycles. The molecule has 0 radical (unpaired) electrons. The van der Waals surface area contributed by atoms with Gasteiger partial charge < -0.3 is 14.2 Å². The second-order valence-corrected chi connectivity index (χ2v) is 17.2. The maximum atomic E-state index is 6.65. The maximum absolute atomic E-state index is 6.65. The van der Waals surface area contributed by atoms with E-state index in [1.54, 1.807) is 0 Å². The fourth-order valence-electron chi connectivity index (χ4n) is 10.8. The van der Waals surface area contributed by atoms with Crippen LogP contribution in [0.25, 0.3) is 39.3 Å². The summed E-state index contributed by atoms with van der Waals surface area (Å²) in [6, 6.07) is 43.4. The van der Waals surface area contributed by atoms with Crippen molar-refractivity contribution < 1.29 is 4.42 Å². The van der Waals surface area contributed by atoms with Gasteiger partial charge in [0.2, 0.25) is 0 Å². The van der Waals surface area contributed by atoms with Crippen LogP contribution in [-0.4, -0.2) is 12.1 Å². The van der Waals surface area contributed by atoms with E-state index >= 15 is 0 Å². The standard InChI is InChI=1S/C58H50N2O/c1-4-16-56-58(38(2)3)53-32-29-46(37-57(53)61-56)59(45-28-31-52-51-25-14-15-26-54(51)60(55(52)36-45)43-20-6-5-7-21-43)44-27-30-50-42(35-44)34-41-19-10-12-23-48(41)47-22-11-8-17-39(47)33-40-18-9-13-24-49(40)50/h4-9,11,13-32,35-37,51-52,54-55H,2,10,12,33-34H2,1,3H3/b16-4-/t51?,52?,54-,55?/m1/s1. The molecule has 3 heteroatoms. The Bertz CT molecular complexity index is 2940. The van der Waals surface area contributed by atoms with E-state index < -0.39 is 0 Å². The molecule has 298 valence electrons. The lowest BCUT2D eigenvalue weighted by atomic mass is 9.80. The van der Waals surface area contributed by atoms with E-state index in [1.165, 1.54) is 50.2 Å². The molecule has 3 unspecified atom stereocenters. The molecule has 1 saturated heterocycles. The maximum Gasteiger partial charge on any atom is 0.137 e. The first kappa shape index (κ1) is 37.2. The van der Waals surface area contributed by atoms with Crippen LogP contribution in [0.5, 0.6) is 0 Å². The highest BCUT2D eigenvalue weighted by Gasteiger charge is 2.46. The van der Waals surface area contributed by atoms with Crippen LogP contribution in [0, 0.1) is 11.8 Å². The fraction of sp³-hybridized carbons (Fsp3) is 0.172. The van der Waals surface area contributed by atoms with Crippen molar-refractivity contribution in [3.05, 3.63) is 227 Å². The van der Waals surface area contributed by atoms with Gasteiger partial charge in [-0.2, -0.15) is 0 Å². The SMILES string of the molecule is C=C(C)c1c(/C=C\C)oc2cc(N(C3=CC4C(C=C3)C3C=CC=C[C@H]3N4c3ccccc3)c3ccc4c(c3)CC3=CCCC=C3c3ccccc3Cc3ccccc3-4)ccc12. The van der Waals surface area contributed by atoms with Crippen molar-refractivity contribution in [3.63, 3.8) is 0 Å². The van der Waals surface area contributed by atoms with Crippen LogP contribution in [0.4, 0.5) is 17.1 Å². The minimum atomic E-state index is 0.166. The smallest absolute Gasteiger partial charge is 0.137 e. The minimum absolute atomic E-state index is 0.166. The summed E-state index contributed by atoms with van der Waals surface area (Å²) in [4.78, 5) is 5.11. The summed E-state index contributed by atoms with van der Waals surface area (Å²) < 4.78 is 6.65. The molecular formula is C58H50N2O. The van der Waals surface area contributed by atoms with Crippen LogP contribution in [0.1, 0.15) is 60.3 Å². The first-order valence-electron chi connectivity index (χ1n) is 22.0. The lowest BCUT2D eigenvalue weighted by Crippen LogP contribution is -2.37. The Morgan fingerprint density at radius 2 is 1.41 bits per heavy atom. The molecule has 1 aromatic heterocycles. The fourth-order valence-corrected chi connectivity index (χ4v) is 10.8. The van der Waals surface area contributed by atoms with E-state index in [9.17, 15) is 0 Å². The Kier molecular flexibility index (Phi) is 9.34. The summed E-state index contributed by atoms with van der Waals surface area (Å²) in [7, 11) is 0. The number of benzene rings is 5. The highest BCUT2D eigenvalue weighted by Crippen LogP contribution is 2.48. The number of furan rings is 1. The Balaban J connectivity index is 1.11. The van der Waals surface area contributed by atoms with Gasteiger partial charge in [0.1, 0.15) is 11.3 Å². The van der Waals surface area contributed by atoms with E-state index in [0.717, 1.165) is 70.6 Å². The minimum Gasteiger partial charge on any atom is -0.456 e. The van der Waals surface area contributed by atoms with Crippen LogP contribution >= 0.6 is 0 Å². The molecular weight excluding hydrogens is 741 g/mol. The zero-order chi connectivity index (χ0) is 41.0. The number of anilines is 3. The Morgan fingerprint density at radius 3 is 2.25 bits per heavy atom. The number of hydrogen-bond donors (Lipinski definition) is 0. The van der Waals surface area contributed by atoms with E-state index in [2.05, 4.69) is 193 Å². The molecule has 0 spiro atoms. The first-order chi connectivity index (χ1) is 30.0. The van der Waals surface area contributed by atoms with Gasteiger partial charge >= 0.3 is 0 Å². The molecule has 11 rings (SSSR count). The van der Waals surface area contributed by atoms with Crippen molar-refractivity contribution in [2.75, 3.05) is 9.80 Å². The summed E-state index contributed by atoms with van der Waals surface area (Å²) in [5, 5.41) is 1.08. The number of hydrogen-bond acceptors (Lipinski definition) is 3. The Morgan fingerprint density at radius 1 is 0.705 bits per heavy atom. The predicted molar refractivity (Wildman–Crippen MR) is 257 cm³/mol. The summed E-state index contributed by atoms with van der Waals surface area (Å²) >= 11 is 0. The summed E-state index contributed by atoms with van der Waals surface area (Å²) in [6.07, 6.45) is 29.6. The lowest BCUT2D eigenvalue weighted by molar-refractivity contribution is 0.525. The average Bonchev–Trinajstić information content (AvgIpc) is 3.82. The summed E-state index contributed by atoms with van der Waals surface area (Å²) in [5.74, 6) is 1.58. The van der Waals surface area contributed by atoms with Crippen molar-refractivity contribution in [1.82, 2.24) is 0 Å². The highest BCUT2D eigenvalue weighted by molar-refractivity contribution is 5.96. The molecule has 3 nitrogen and oxygen atoms in total. The quantitative estimate of drug-likeness (QED) is 0.168. The van der Waals surface area contributed by atoms with Gasteiger partial charge in [-0.3, -0.25) is 0 Å². The van der Waals surface area contributed by atoms with Crippen LogP contribution in [0.2, 0.25) is 0 Å². The molecule has 4 aliphatic carbocycles. The molecule has 1 fully saturated rings. The van der Waals surface area contributed by atoms with Crippen LogP contribution in [0.3, 0.4) is 0 Å². The number of allylic oxidation sites excluding steroid dienone is 9. The number of rotatable bonds is 6. The zero-order valence-electron chi connectivity index (χ0n) is 35.0. The largest absolute Gasteiger partial charge is 0.456 e. The van der Waals surface area contributed by atoms with Crippen molar-refractivity contribution in [2.45, 2.75) is 51.6 Å². The molecule has 0 saturated carbocycles. The van der Waals surface area contributed by atoms with Crippen molar-refractivity contribution in [2.24, 2.45) is 11.8 Å². The predicted octanol–water partition coefficient (Wildman–Crippen LogP) is 14.6. The third-order valence-electron chi connectivity index (χ3n) is 13.5. The summed E-state index contributed by atoms with van der Waals surface area (Å²) in [5.41, 5.74) is 18.4. The Labute approximate surface area is 360 Å². The van der Waals surface area contributed by atoms with Gasteiger partial charge in [0.25, 0.3) is 0 Å². The van der Waals surface area contributed by atoms with E-state index in [-0.39, 0.29) is 12.1 Å². The monoisotopic (exact) mass is 790 g/mol. The normalized spacial score (nSPS) is 21.1. The molecule has 5 aromatic carbocycles. The third kappa shape index (κ3) is 6.42. The second-order valence-electron chi connectivity index (χ2n) is 17.2. The van der Waals surface area contributed by atoms with E-state index in [0.29, 0.717) is 11.8 Å². The third-order valence-corrected chi connectivity index (χ3v) is 13.5. The van der Waals surface area contributed by atoms with Crippen molar-refractivity contribution in [3.8, 4) is 11.1 Å². The van der Waals surface area contributed by atoms with Crippen LogP contribution in [-0.2, 0) is 12.8 Å². The molecule has 6 aromatic rings. The molecule has 2 heterocycles. The lowest BCUT2D eigenvalue weighted by Gasteiger charge is -2.35. The van der Waals surface area contributed by atoms with Crippen molar-refractivity contribution in [1.29, 1.82) is 0 Å². The average molecular weight is 791 g/mol. The van der Waals surface area contributed by atoms with Gasteiger partial charge in [-0.1, -0.05) is 128 Å². The highest BCUT2D eigenvalue weighted by atomic mass is 16.3. The van der Waals surface area contributed by atoms with Gasteiger partial charge in [-0.05, 0) is 144 Å². The number of nitrogens with zero attached hydrogens (tertiary/aromatic N) is 2. The van der Waals surface area contributed by atoms with Gasteiger partial charge in [0.15, 0.2) is 0 Å². The van der Waals surface area contributed by atoms with Crippen LogP contribution in [0.15, 0.2) is 198 Å². The first-order valence-corrected chi connectivity index (χ1v) is 22.0. The molecule has 4 atom stereocenters. The van der Waals surface area contributed by atoms with Gasteiger partial charge in [-0.15, -0.1) is 0 Å². The molecule has 0 bridgehead atoms. The van der Waals surface area contributed by atoms with E-state index in [1.807, 2.05) is 19.1 Å². The number of para-hydroxylation sites is 1.